The molecule has 13 nitrogen and oxygen atoms in total. The van der Waals surface area contributed by atoms with Gasteiger partial charge in [-0.2, -0.15) is 0 Å². The zero-order chi connectivity index (χ0) is 36.0. The number of hydrogen-bond acceptors (Lipinski definition) is 11. The van der Waals surface area contributed by atoms with Crippen molar-refractivity contribution in [2.45, 2.75) is 12.8 Å². The van der Waals surface area contributed by atoms with Gasteiger partial charge in [0.1, 0.15) is 13.2 Å². The highest BCUT2D eigenvalue weighted by Gasteiger charge is 2.21. The third kappa shape index (κ3) is 9.75. The minimum absolute atomic E-state index is 0.313. The average Bonchev–Trinajstić information content (AvgIpc) is 3.13. The smallest absolute Gasteiger partial charge is 0.253 e. The molecule has 2 aromatic carbocycles. The van der Waals surface area contributed by atoms with Gasteiger partial charge in [-0.3, -0.25) is 33.9 Å². The van der Waals surface area contributed by atoms with Crippen LogP contribution in [-0.4, -0.2) is 113 Å². The molecule has 0 bridgehead atoms. The highest BCUT2D eigenvalue weighted by atomic mass is 16.5. The molecule has 0 N–H and O–H groups in total. The van der Waals surface area contributed by atoms with Gasteiger partial charge in [-0.1, -0.05) is 12.2 Å². The Hall–Kier alpha value is -5.56. The van der Waals surface area contributed by atoms with Gasteiger partial charge in [-0.05, 0) is 79.6 Å². The Morgan fingerprint density at radius 1 is 0.660 bits per heavy atom. The summed E-state index contributed by atoms with van der Waals surface area (Å²) in [4.78, 5) is 53.5. The van der Waals surface area contributed by atoms with E-state index in [4.69, 9.17) is 28.4 Å². The van der Waals surface area contributed by atoms with E-state index in [9.17, 15) is 19.2 Å². The summed E-state index contributed by atoms with van der Waals surface area (Å²) in [6.45, 7) is 2.41. The lowest BCUT2D eigenvalue weighted by Gasteiger charge is -2.21. The minimum Gasteiger partial charge on any atom is -0.493 e. The van der Waals surface area contributed by atoms with Gasteiger partial charge in [0.15, 0.2) is 23.0 Å². The monoisotopic (exact) mass is 689 g/mol. The zero-order valence-corrected chi connectivity index (χ0v) is 29.0. The van der Waals surface area contributed by atoms with Gasteiger partial charge >= 0.3 is 0 Å². The van der Waals surface area contributed by atoms with Crippen LogP contribution >= 0.6 is 0 Å². The van der Waals surface area contributed by atoms with Crippen LogP contribution in [0.25, 0.3) is 12.2 Å². The maximum Gasteiger partial charge on any atom is 0.253 e. The van der Waals surface area contributed by atoms with E-state index in [1.807, 2.05) is 11.9 Å². The Balaban J connectivity index is 1.31. The Morgan fingerprint density at radius 2 is 1.02 bits per heavy atom. The molecule has 4 amide bonds. The standard InChI is InChI=1S/C37H43N3O10/c1-38(18-20-49-36-28(45-2)22-26(23-29(36)46-3)12-14-34(43)39-16-8-6-10-32(39)41)19-21-50-37-30(47-4)24-27(25-31(37)48-5)13-15-35(44)40-17-9-7-11-33(40)42/h6-7,10-15,22-25H,8-9,16-21H2,1-5H3/b14-12+,15-13+. The van der Waals surface area contributed by atoms with Crippen LogP contribution in [-0.2, 0) is 19.2 Å². The first-order valence-corrected chi connectivity index (χ1v) is 16.0. The van der Waals surface area contributed by atoms with Gasteiger partial charge in [0.25, 0.3) is 23.6 Å². The van der Waals surface area contributed by atoms with E-state index in [2.05, 4.69) is 0 Å². The number of amides is 4. The quantitative estimate of drug-likeness (QED) is 0.239. The van der Waals surface area contributed by atoms with Crippen LogP contribution in [0.15, 0.2) is 60.7 Å². The van der Waals surface area contributed by atoms with Crippen molar-refractivity contribution >= 4 is 35.8 Å². The molecule has 50 heavy (non-hydrogen) atoms. The molecular formula is C37H43N3O10. The maximum atomic E-state index is 12.5. The number of carbonyl (C=O) groups is 4. The van der Waals surface area contributed by atoms with Crippen LogP contribution < -0.4 is 28.4 Å². The molecule has 0 unspecified atom stereocenters. The number of ether oxygens (including phenoxy) is 6. The van der Waals surface area contributed by atoms with E-state index in [0.717, 1.165) is 0 Å². The van der Waals surface area contributed by atoms with Crippen molar-refractivity contribution in [3.8, 4) is 34.5 Å². The lowest BCUT2D eigenvalue weighted by Crippen LogP contribution is -2.37. The molecule has 4 rings (SSSR count). The van der Waals surface area contributed by atoms with Crippen molar-refractivity contribution in [2.75, 3.05) is 74.9 Å². The van der Waals surface area contributed by atoms with Crippen molar-refractivity contribution in [1.82, 2.24) is 14.7 Å². The first-order valence-electron chi connectivity index (χ1n) is 16.0. The lowest BCUT2D eigenvalue weighted by molar-refractivity contribution is -0.140. The number of carbonyl (C=O) groups excluding carboxylic acids is 4. The van der Waals surface area contributed by atoms with Crippen LogP contribution in [0.2, 0.25) is 0 Å². The molecule has 0 radical (unpaired) electrons. The molecule has 266 valence electrons. The van der Waals surface area contributed by atoms with Crippen molar-refractivity contribution in [1.29, 1.82) is 0 Å². The number of hydrogen-bond donors (Lipinski definition) is 0. The summed E-state index contributed by atoms with van der Waals surface area (Å²) < 4.78 is 34.4. The Bertz CT molecular complexity index is 1510. The van der Waals surface area contributed by atoms with E-state index in [-0.39, 0.29) is 11.8 Å². The van der Waals surface area contributed by atoms with E-state index in [1.165, 1.54) is 62.5 Å². The molecule has 0 aliphatic carbocycles. The largest absolute Gasteiger partial charge is 0.493 e. The van der Waals surface area contributed by atoms with Gasteiger partial charge < -0.3 is 28.4 Å². The number of likely N-dealkylation sites (N-methyl/N-ethyl adjacent to an activating group) is 1. The van der Waals surface area contributed by atoms with Crippen molar-refractivity contribution in [3.63, 3.8) is 0 Å². The number of rotatable bonds is 16. The second-order valence-electron chi connectivity index (χ2n) is 11.2. The van der Waals surface area contributed by atoms with Gasteiger partial charge in [-0.25, -0.2) is 0 Å². The fourth-order valence-corrected chi connectivity index (χ4v) is 5.12. The first-order chi connectivity index (χ1) is 24.2. The fourth-order valence-electron chi connectivity index (χ4n) is 5.12. The fraction of sp³-hybridized carbons (Fsp3) is 0.351. The summed E-state index contributed by atoms with van der Waals surface area (Å²) in [7, 11) is 8.00. The molecule has 0 aromatic heterocycles. The topological polar surface area (TPSA) is 133 Å². The van der Waals surface area contributed by atoms with Gasteiger partial charge in [0.05, 0.1) is 28.4 Å². The van der Waals surface area contributed by atoms with Crippen LogP contribution in [0.5, 0.6) is 34.5 Å². The van der Waals surface area contributed by atoms with Gasteiger partial charge in [0.2, 0.25) is 11.5 Å². The lowest BCUT2D eigenvalue weighted by atomic mass is 10.1. The highest BCUT2D eigenvalue weighted by molar-refractivity contribution is 6.07. The molecule has 2 aliphatic heterocycles. The van der Waals surface area contributed by atoms with Crippen molar-refractivity contribution in [2.24, 2.45) is 0 Å². The SMILES string of the molecule is COc1cc(/C=C/C(=O)N2CCC=CC2=O)cc(OC)c1OCCN(C)CCOc1c(OC)cc(/C=C/C(=O)N2CCC=CC2=O)cc1OC. The molecule has 2 aromatic rings. The average molecular weight is 690 g/mol. The van der Waals surface area contributed by atoms with Gasteiger partial charge in [-0.15, -0.1) is 0 Å². The minimum atomic E-state index is -0.398. The summed E-state index contributed by atoms with van der Waals surface area (Å²) >= 11 is 0. The van der Waals surface area contributed by atoms with E-state index < -0.39 is 11.8 Å². The number of benzene rings is 2. The second kappa shape index (κ2) is 18.3. The number of nitrogens with zero attached hydrogens (tertiary/aromatic N) is 3. The molecule has 2 heterocycles. The van der Waals surface area contributed by atoms with Crippen molar-refractivity contribution in [3.05, 3.63) is 71.8 Å². The van der Waals surface area contributed by atoms with Crippen LogP contribution in [0.1, 0.15) is 24.0 Å². The first kappa shape index (κ1) is 37.3. The molecule has 2 aliphatic rings. The van der Waals surface area contributed by atoms with Gasteiger partial charge in [0, 0.05) is 38.3 Å². The third-order valence-electron chi connectivity index (χ3n) is 7.87. The summed E-state index contributed by atoms with van der Waals surface area (Å²) in [5.74, 6) is 1.10. The molecule has 13 heteroatoms. The molecule has 0 atom stereocenters. The Kier molecular flexibility index (Phi) is 13.6. The molecule has 0 fully saturated rings. The van der Waals surface area contributed by atoms with Crippen LogP contribution in [0.4, 0.5) is 0 Å². The van der Waals surface area contributed by atoms with Crippen LogP contribution in [0, 0.1) is 0 Å². The van der Waals surface area contributed by atoms with E-state index in [1.54, 1.807) is 48.6 Å². The number of methoxy groups -OCH3 is 4. The second-order valence-corrected chi connectivity index (χ2v) is 11.2. The summed E-state index contributed by atoms with van der Waals surface area (Å²) in [6, 6.07) is 6.90. The molecule has 0 saturated heterocycles. The molecule has 0 spiro atoms. The predicted molar refractivity (Wildman–Crippen MR) is 187 cm³/mol. The van der Waals surface area contributed by atoms with Crippen LogP contribution in [0.3, 0.4) is 0 Å². The normalized spacial score (nSPS) is 14.5. The molecule has 0 saturated carbocycles. The predicted octanol–water partition coefficient (Wildman–Crippen LogP) is 3.77. The Morgan fingerprint density at radius 3 is 1.34 bits per heavy atom. The third-order valence-corrected chi connectivity index (χ3v) is 7.87. The molecular weight excluding hydrogens is 646 g/mol. The highest BCUT2D eigenvalue weighted by Crippen LogP contribution is 2.40. The summed E-state index contributed by atoms with van der Waals surface area (Å²) in [5.41, 5.74) is 1.28. The Labute approximate surface area is 291 Å². The zero-order valence-electron chi connectivity index (χ0n) is 29.0. The maximum absolute atomic E-state index is 12.5. The van der Waals surface area contributed by atoms with E-state index in [0.29, 0.717) is 97.9 Å². The summed E-state index contributed by atoms with van der Waals surface area (Å²) in [6.07, 6.45) is 13.5. The van der Waals surface area contributed by atoms with E-state index >= 15 is 0 Å². The summed E-state index contributed by atoms with van der Waals surface area (Å²) in [5, 5.41) is 0. The number of imide groups is 2. The van der Waals surface area contributed by atoms with Crippen molar-refractivity contribution < 1.29 is 47.6 Å².